The van der Waals surface area contributed by atoms with Crippen molar-refractivity contribution in [2.45, 2.75) is 140 Å². The molecule has 11 aromatic rings. The molecule has 0 spiro atoms. The third-order valence-electron chi connectivity index (χ3n) is 21.5. The van der Waals surface area contributed by atoms with Gasteiger partial charge in [0.2, 0.25) is 0 Å². The van der Waals surface area contributed by atoms with Crippen LogP contribution in [0.3, 0.4) is 0 Å². The van der Waals surface area contributed by atoms with Gasteiger partial charge in [0.1, 0.15) is 0 Å². The molecule has 582 valence electrons. The van der Waals surface area contributed by atoms with Crippen molar-refractivity contribution in [3.05, 3.63) is 367 Å². The molecule has 9 aliphatic rings. The second-order valence-corrected chi connectivity index (χ2v) is 30.0. The van der Waals surface area contributed by atoms with E-state index in [0.717, 1.165) is 71.4 Å². The molecule has 0 amide bonds. The Balaban J connectivity index is 0.000000124. The van der Waals surface area contributed by atoms with E-state index < -0.39 is 0 Å². The van der Waals surface area contributed by atoms with Crippen molar-refractivity contribution in [1.82, 2.24) is 4.98 Å². The second-order valence-electron chi connectivity index (χ2n) is 30.0. The minimum absolute atomic E-state index is 0.956. The fourth-order valence-electron chi connectivity index (χ4n) is 15.3. The molecule has 0 saturated carbocycles. The van der Waals surface area contributed by atoms with E-state index in [1.54, 1.807) is 0 Å². The van der Waals surface area contributed by atoms with Crippen LogP contribution in [0.2, 0.25) is 0 Å². The smallest absolute Gasteiger partial charge is 0.0483 e. The Hall–Kier alpha value is -11.9. The van der Waals surface area contributed by atoms with Gasteiger partial charge in [-0.15, -0.1) is 0 Å². The van der Waals surface area contributed by atoms with Crippen molar-refractivity contribution in [3.63, 3.8) is 0 Å². The lowest BCUT2D eigenvalue weighted by Crippen LogP contribution is -2.12. The number of anilines is 9. The highest BCUT2D eigenvalue weighted by atomic mass is 14.9. The Kier molecular flexibility index (Phi) is 31.3. The van der Waals surface area contributed by atoms with Crippen LogP contribution in [-0.2, 0) is 38.5 Å². The van der Waals surface area contributed by atoms with Gasteiger partial charge in [-0.2, -0.15) is 0 Å². The third-order valence-corrected chi connectivity index (χ3v) is 21.5. The highest BCUT2D eigenvalue weighted by molar-refractivity contribution is 5.82. The summed E-state index contributed by atoms with van der Waals surface area (Å²) in [4.78, 5) is 3.19. The highest BCUT2D eigenvalue weighted by Gasteiger charge is 2.14. The lowest BCUT2D eigenvalue weighted by atomic mass is 10.0. The molecule has 10 N–H and O–H groups in total. The molecule has 0 radical (unpaired) electrons. The molecule has 113 heavy (non-hydrogen) atoms. The lowest BCUT2D eigenvalue weighted by Gasteiger charge is -2.19. The van der Waals surface area contributed by atoms with Crippen molar-refractivity contribution in [3.8, 4) is 0 Å². The third kappa shape index (κ3) is 23.8. The molecule has 0 unspecified atom stereocenters. The average molecular weight is 1500 g/mol. The van der Waals surface area contributed by atoms with Gasteiger partial charge < -0.3 is 52.8 Å². The lowest BCUT2D eigenvalue weighted by molar-refractivity contribution is 0.785. The monoisotopic (exact) mass is 1500 g/mol. The molecule has 0 atom stereocenters. The summed E-state index contributed by atoms with van der Waals surface area (Å²) >= 11 is 0. The summed E-state index contributed by atoms with van der Waals surface area (Å²) in [6, 6.07) is 66.3. The van der Waals surface area contributed by atoms with Crippen molar-refractivity contribution in [2.75, 3.05) is 87.1 Å². The number of aromatic nitrogens is 1. The number of aryl methyl sites for hydroxylation is 13. The standard InChI is InChI=1S/C11H15N.3C11H13N.C11H11N.C10H13N.2C10H11N.C9H11N.C9H9N/c5*1-9-5-4-7-10-6-2-3-8-12-11(9)10;3*1-8-4-2-5-9-6-3-7-11-10(8)9;2*1-7-3-2-4-8-5-6-10-9(7)8/h4-5,7,12H,2-3,6,8H2,1H3;3-5,7-8,12H,2,6H2,1H3;2,4-7,12H,3,8H2,1H3;2-5,7,12H,6,8H2,1H3;2-8,12H,1H3;2,4-5,11H,3,6-7H2,1H3;2-5,7,11H,6H2,1H3;2-6,11H,7H2,1H3;2-4,10H,5-6H2,1H3;2-6,10H,1H3. The first-order valence-corrected chi connectivity index (χ1v) is 40.9. The van der Waals surface area contributed by atoms with Gasteiger partial charge in [0, 0.05) is 108 Å². The Morgan fingerprint density at radius 2 is 0.664 bits per heavy atom. The molecule has 10 aromatic carbocycles. The summed E-state index contributed by atoms with van der Waals surface area (Å²) in [7, 11) is 0. The quantitative estimate of drug-likeness (QED) is 0.0676. The van der Waals surface area contributed by atoms with Crippen LogP contribution < -0.4 is 47.9 Å². The van der Waals surface area contributed by atoms with Crippen LogP contribution in [0.1, 0.15) is 138 Å². The number of benzene rings is 10. The van der Waals surface area contributed by atoms with E-state index in [4.69, 9.17) is 0 Å². The van der Waals surface area contributed by atoms with Gasteiger partial charge in [-0.1, -0.05) is 243 Å². The normalized spacial score (nSPS) is 14.2. The van der Waals surface area contributed by atoms with Crippen LogP contribution >= 0.6 is 0 Å². The predicted molar refractivity (Wildman–Crippen MR) is 494 cm³/mol. The minimum Gasteiger partial charge on any atom is -0.385 e. The molecule has 0 fully saturated rings. The second kappa shape index (κ2) is 43.1. The molecule has 10 heterocycles. The Labute approximate surface area is 675 Å². The molecule has 10 heteroatoms. The van der Waals surface area contributed by atoms with Crippen molar-refractivity contribution >= 4 is 80.3 Å². The van der Waals surface area contributed by atoms with Gasteiger partial charge in [-0.25, -0.2) is 0 Å². The zero-order valence-electron chi connectivity index (χ0n) is 68.6. The maximum absolute atomic E-state index is 3.49. The first-order valence-electron chi connectivity index (χ1n) is 40.9. The van der Waals surface area contributed by atoms with Crippen molar-refractivity contribution < 1.29 is 0 Å². The van der Waals surface area contributed by atoms with Crippen molar-refractivity contribution in [2.24, 2.45) is 0 Å². The number of hydrogen-bond donors (Lipinski definition) is 10. The Morgan fingerprint density at radius 3 is 1.26 bits per heavy atom. The summed E-state index contributed by atoms with van der Waals surface area (Å²) in [6.07, 6.45) is 44.7. The largest absolute Gasteiger partial charge is 0.385 e. The maximum atomic E-state index is 3.49. The number of allylic oxidation sites excluding steroid dienone is 5. The van der Waals surface area contributed by atoms with Crippen LogP contribution in [0.25, 0.3) is 29.1 Å². The van der Waals surface area contributed by atoms with Gasteiger partial charge >= 0.3 is 0 Å². The number of rotatable bonds is 0. The van der Waals surface area contributed by atoms with E-state index in [1.165, 1.54) is 206 Å². The summed E-state index contributed by atoms with van der Waals surface area (Å²) in [5.74, 6) is 0. The van der Waals surface area contributed by atoms with Gasteiger partial charge in [0.05, 0.1) is 0 Å². The Bertz CT molecular complexity index is 5130. The first kappa shape index (κ1) is 82.1. The van der Waals surface area contributed by atoms with E-state index in [2.05, 4.69) is 365 Å². The molecule has 0 aliphatic carbocycles. The van der Waals surface area contributed by atoms with Crippen LogP contribution in [0.5, 0.6) is 0 Å². The molecule has 1 aromatic heterocycles. The molecule has 20 rings (SSSR count). The van der Waals surface area contributed by atoms with Gasteiger partial charge in [0.15, 0.2) is 0 Å². The van der Waals surface area contributed by atoms with E-state index in [0.29, 0.717) is 0 Å². The number of fused-ring (bicyclic) bond motifs is 10. The number of para-hydroxylation sites is 10. The van der Waals surface area contributed by atoms with Gasteiger partial charge in [-0.05, 0) is 276 Å². The summed E-state index contributed by atoms with van der Waals surface area (Å²) < 4.78 is 0. The summed E-state index contributed by atoms with van der Waals surface area (Å²) in [5.41, 5.74) is 39.0. The number of nitrogens with one attached hydrogen (secondary N) is 10. The van der Waals surface area contributed by atoms with Crippen LogP contribution in [0.15, 0.2) is 261 Å². The number of hydrogen-bond acceptors (Lipinski definition) is 9. The molecule has 9 aliphatic heterocycles. The van der Waals surface area contributed by atoms with Crippen LogP contribution in [0.4, 0.5) is 51.2 Å². The fraction of sp³-hybridized carbons (Fsp3) is 0.262. The molecule has 0 saturated heterocycles. The molecular formula is C103H120N10. The van der Waals surface area contributed by atoms with E-state index in [9.17, 15) is 0 Å². The molecular weight excluding hydrogens is 1380 g/mol. The summed E-state index contributed by atoms with van der Waals surface area (Å²) in [5, 5.41) is 31.6. The van der Waals surface area contributed by atoms with Gasteiger partial charge in [0.25, 0.3) is 0 Å². The van der Waals surface area contributed by atoms with Crippen LogP contribution in [-0.4, -0.2) is 44.3 Å². The Morgan fingerprint density at radius 1 is 0.248 bits per heavy atom. The maximum Gasteiger partial charge on any atom is 0.0483 e. The minimum atomic E-state index is 0.956. The number of aromatic amines is 1. The van der Waals surface area contributed by atoms with Crippen LogP contribution in [0, 0.1) is 69.2 Å². The zero-order valence-corrected chi connectivity index (χ0v) is 68.6. The van der Waals surface area contributed by atoms with E-state index >= 15 is 0 Å². The summed E-state index contributed by atoms with van der Waals surface area (Å²) in [6.45, 7) is 27.8. The van der Waals surface area contributed by atoms with Crippen molar-refractivity contribution in [1.29, 1.82) is 0 Å². The highest BCUT2D eigenvalue weighted by Crippen LogP contribution is 2.32. The number of H-pyrrole nitrogens is 1. The fourth-order valence-corrected chi connectivity index (χ4v) is 15.3. The molecule has 0 bridgehead atoms. The van der Waals surface area contributed by atoms with Gasteiger partial charge in [-0.3, -0.25) is 0 Å². The predicted octanol–water partition coefficient (Wildman–Crippen LogP) is 25.6. The zero-order chi connectivity index (χ0) is 78.9. The van der Waals surface area contributed by atoms with E-state index in [-0.39, 0.29) is 0 Å². The topological polar surface area (TPSA) is 124 Å². The molecule has 10 nitrogen and oxygen atoms in total. The van der Waals surface area contributed by atoms with E-state index in [1.807, 2.05) is 36.9 Å². The first-order chi connectivity index (χ1) is 55.3. The average Bonchev–Trinajstić information content (AvgIpc) is 1.80. The SMILES string of the molecule is Cc1cccc2c1NC=CC2.Cc1cccc2c1NC=CC=C2.Cc1cccc2c1NC=CCC2.Cc1cccc2c1NCC2.Cc1cccc2c1NCC=C2.Cc1cccc2c1NCC=CC2.Cc1cccc2c1NCCC2.Cc1cccc2c1NCCC=C2.Cc1cccc2c1NCCCC2.Cc1cccc2cc[nH]c12.